The van der Waals surface area contributed by atoms with Gasteiger partial charge in [0, 0.05) is 0 Å². The lowest BCUT2D eigenvalue weighted by molar-refractivity contribution is 0.382. The Hall–Kier alpha value is 0.170. The molecule has 0 aliphatic carbocycles. The van der Waals surface area contributed by atoms with Gasteiger partial charge in [-0.05, 0) is 49.8 Å². The summed E-state index contributed by atoms with van der Waals surface area (Å²) in [5.41, 5.74) is 1.12. The minimum atomic E-state index is 0.772. The zero-order valence-corrected chi connectivity index (χ0v) is 9.68. The Labute approximate surface area is 84.0 Å². The van der Waals surface area contributed by atoms with Crippen molar-refractivity contribution in [3.05, 3.63) is 12.2 Å². The Bertz CT molecular complexity index is 185. The van der Waals surface area contributed by atoms with E-state index in [1.54, 1.807) is 0 Å². The smallest absolute Gasteiger partial charge is 0.00850 e. The summed E-state index contributed by atoms with van der Waals surface area (Å²) in [6, 6.07) is 0. The zero-order valence-electron chi connectivity index (χ0n) is 8.68. The molecule has 2 heterocycles. The van der Waals surface area contributed by atoms with Crippen LogP contribution < -0.4 is 0 Å². The predicted molar refractivity (Wildman–Crippen MR) is 62.0 cm³/mol. The van der Waals surface area contributed by atoms with Crippen molar-refractivity contribution < 1.29 is 0 Å². The van der Waals surface area contributed by atoms with E-state index in [0.29, 0.717) is 0 Å². The Kier molecular flexibility index (Phi) is 3.09. The molecule has 0 saturated carbocycles. The van der Waals surface area contributed by atoms with Gasteiger partial charge in [0.05, 0.1) is 0 Å². The standard InChI is InChI=1S/C12H21P/c1-2-3-8-12-9-4-6-11(13-12)7-5-10-12/h2-3,11,13H,4-10H2,1H3. The van der Waals surface area contributed by atoms with Crippen molar-refractivity contribution in [2.45, 2.75) is 62.7 Å². The molecule has 0 aromatic carbocycles. The molecule has 2 aliphatic rings. The molecule has 0 N–H and O–H groups in total. The van der Waals surface area contributed by atoms with Crippen LogP contribution in [0.1, 0.15) is 51.9 Å². The van der Waals surface area contributed by atoms with Crippen LogP contribution in [0, 0.1) is 0 Å². The van der Waals surface area contributed by atoms with Crippen LogP contribution in [0.25, 0.3) is 0 Å². The fraction of sp³-hybridized carbons (Fsp3) is 0.833. The predicted octanol–water partition coefficient (Wildman–Crippen LogP) is 4.11. The van der Waals surface area contributed by atoms with Crippen LogP contribution in [0.3, 0.4) is 0 Å². The summed E-state index contributed by atoms with van der Waals surface area (Å²) in [5, 5.41) is 0.772. The molecule has 0 spiro atoms. The van der Waals surface area contributed by atoms with Gasteiger partial charge < -0.3 is 0 Å². The monoisotopic (exact) mass is 196 g/mol. The van der Waals surface area contributed by atoms with Crippen LogP contribution >= 0.6 is 8.58 Å². The number of rotatable bonds is 2. The summed E-state index contributed by atoms with van der Waals surface area (Å²) in [7, 11) is 1.28. The number of fused-ring (bicyclic) bond motifs is 2. The highest BCUT2D eigenvalue weighted by molar-refractivity contribution is 7.41. The van der Waals surface area contributed by atoms with Gasteiger partial charge in [0.2, 0.25) is 0 Å². The Morgan fingerprint density at radius 1 is 1.31 bits per heavy atom. The quantitative estimate of drug-likeness (QED) is 0.460. The lowest BCUT2D eigenvalue weighted by Crippen LogP contribution is -2.33. The molecule has 1 atom stereocenters. The van der Waals surface area contributed by atoms with E-state index >= 15 is 0 Å². The fourth-order valence-electron chi connectivity index (χ4n) is 2.97. The Morgan fingerprint density at radius 3 is 2.62 bits per heavy atom. The van der Waals surface area contributed by atoms with Crippen molar-refractivity contribution in [2.75, 3.05) is 0 Å². The minimum Gasteiger partial charge on any atom is -0.112 e. The first kappa shape index (κ1) is 9.71. The van der Waals surface area contributed by atoms with E-state index in [0.717, 1.165) is 10.8 Å². The van der Waals surface area contributed by atoms with Gasteiger partial charge in [-0.25, -0.2) is 0 Å². The Balaban J connectivity index is 2.01. The van der Waals surface area contributed by atoms with E-state index < -0.39 is 0 Å². The molecule has 2 bridgehead atoms. The summed E-state index contributed by atoms with van der Waals surface area (Å²) in [6.45, 7) is 2.16. The third kappa shape index (κ3) is 2.15. The van der Waals surface area contributed by atoms with Gasteiger partial charge in [-0.15, -0.1) is 8.58 Å². The van der Waals surface area contributed by atoms with Crippen LogP contribution in [0.2, 0.25) is 0 Å². The largest absolute Gasteiger partial charge is 0.112 e. The van der Waals surface area contributed by atoms with Gasteiger partial charge in [0.15, 0.2) is 0 Å². The van der Waals surface area contributed by atoms with Gasteiger partial charge in [-0.2, -0.15) is 0 Å². The molecule has 2 aliphatic heterocycles. The topological polar surface area (TPSA) is 0 Å². The fourth-order valence-corrected chi connectivity index (χ4v) is 5.41. The molecule has 2 fully saturated rings. The zero-order chi connectivity index (χ0) is 9.15. The van der Waals surface area contributed by atoms with Gasteiger partial charge in [-0.3, -0.25) is 0 Å². The second-order valence-electron chi connectivity index (χ2n) is 4.68. The van der Waals surface area contributed by atoms with Crippen molar-refractivity contribution in [3.8, 4) is 0 Å². The highest BCUT2D eigenvalue weighted by atomic mass is 31.1. The first-order chi connectivity index (χ1) is 6.35. The first-order valence-electron chi connectivity index (χ1n) is 5.73. The molecule has 74 valence electrons. The van der Waals surface area contributed by atoms with E-state index in [4.69, 9.17) is 0 Å². The summed E-state index contributed by atoms with van der Waals surface area (Å²) >= 11 is 0. The minimum absolute atomic E-state index is 0.772. The van der Waals surface area contributed by atoms with Crippen molar-refractivity contribution in [3.63, 3.8) is 0 Å². The van der Waals surface area contributed by atoms with E-state index in [1.807, 2.05) is 0 Å². The molecule has 0 aromatic rings. The summed E-state index contributed by atoms with van der Waals surface area (Å²) in [5.74, 6) is 0. The molecule has 0 nitrogen and oxygen atoms in total. The molecular weight excluding hydrogens is 175 g/mol. The first-order valence-corrected chi connectivity index (χ1v) is 6.81. The van der Waals surface area contributed by atoms with E-state index in [-0.39, 0.29) is 0 Å². The number of hydrogen-bond acceptors (Lipinski definition) is 0. The van der Waals surface area contributed by atoms with Gasteiger partial charge in [-0.1, -0.05) is 25.0 Å². The molecule has 13 heavy (non-hydrogen) atoms. The summed E-state index contributed by atoms with van der Waals surface area (Å²) in [4.78, 5) is 0. The average Bonchev–Trinajstić information content (AvgIpc) is 2.15. The number of hydrogen-bond donors (Lipinski definition) is 0. The molecule has 0 radical (unpaired) electrons. The molecule has 2 rings (SSSR count). The molecule has 0 amide bonds. The molecule has 1 unspecified atom stereocenters. The summed E-state index contributed by atoms with van der Waals surface area (Å²) < 4.78 is 0. The van der Waals surface area contributed by atoms with E-state index in [1.165, 1.54) is 53.5 Å². The second-order valence-corrected chi connectivity index (χ2v) is 6.85. The van der Waals surface area contributed by atoms with Crippen LogP contribution in [0.4, 0.5) is 0 Å². The van der Waals surface area contributed by atoms with Crippen LogP contribution in [0.15, 0.2) is 12.2 Å². The van der Waals surface area contributed by atoms with Gasteiger partial charge in [0.1, 0.15) is 0 Å². The van der Waals surface area contributed by atoms with Crippen molar-refractivity contribution >= 4 is 8.58 Å². The molecule has 0 aromatic heterocycles. The maximum absolute atomic E-state index is 2.40. The lowest BCUT2D eigenvalue weighted by Gasteiger charge is -2.45. The van der Waals surface area contributed by atoms with Crippen molar-refractivity contribution in [1.29, 1.82) is 0 Å². The maximum atomic E-state index is 2.40. The summed E-state index contributed by atoms with van der Waals surface area (Å²) in [6.07, 6.45) is 15.1. The number of allylic oxidation sites excluding steroid dienone is 2. The van der Waals surface area contributed by atoms with Crippen LogP contribution in [-0.2, 0) is 0 Å². The maximum Gasteiger partial charge on any atom is -0.00850 e. The molecular formula is C12H21P. The van der Waals surface area contributed by atoms with Crippen molar-refractivity contribution in [1.82, 2.24) is 0 Å². The lowest BCUT2D eigenvalue weighted by atomic mass is 9.86. The third-order valence-corrected chi connectivity index (χ3v) is 5.97. The molecule has 2 saturated heterocycles. The van der Waals surface area contributed by atoms with Gasteiger partial charge >= 0.3 is 0 Å². The SMILES string of the molecule is CC=CCC12CCCC(CCC1)P2. The van der Waals surface area contributed by atoms with E-state index in [9.17, 15) is 0 Å². The molecule has 1 heteroatoms. The normalized spacial score (nSPS) is 41.5. The van der Waals surface area contributed by atoms with Gasteiger partial charge in [0.25, 0.3) is 0 Å². The van der Waals surface area contributed by atoms with Crippen LogP contribution in [0.5, 0.6) is 0 Å². The van der Waals surface area contributed by atoms with E-state index in [2.05, 4.69) is 19.1 Å². The van der Waals surface area contributed by atoms with Crippen molar-refractivity contribution in [2.24, 2.45) is 0 Å². The highest BCUT2D eigenvalue weighted by Gasteiger charge is 2.37. The average molecular weight is 196 g/mol. The second kappa shape index (κ2) is 4.13. The Morgan fingerprint density at radius 2 is 2.00 bits per heavy atom. The third-order valence-electron chi connectivity index (χ3n) is 3.67. The van der Waals surface area contributed by atoms with Crippen LogP contribution in [-0.4, -0.2) is 10.8 Å². The highest BCUT2D eigenvalue weighted by Crippen LogP contribution is 2.56.